The molecule has 0 aromatic heterocycles. The van der Waals surface area contributed by atoms with Crippen LogP contribution in [0.4, 0.5) is 0 Å². The van der Waals surface area contributed by atoms with Gasteiger partial charge in [0.15, 0.2) is 6.10 Å². The van der Waals surface area contributed by atoms with Gasteiger partial charge in [0.1, 0.15) is 13.2 Å². The molecule has 0 spiro atoms. The summed E-state index contributed by atoms with van der Waals surface area (Å²) < 4.78 is 16.8. The van der Waals surface area contributed by atoms with E-state index in [-0.39, 0.29) is 32.0 Å². The highest BCUT2D eigenvalue weighted by Crippen LogP contribution is 2.15. The lowest BCUT2D eigenvalue weighted by molar-refractivity contribution is -0.166. The Morgan fingerprint density at radius 3 is 0.901 bits per heavy atom. The van der Waals surface area contributed by atoms with Crippen LogP contribution in [0.15, 0.2) is 170 Å². The highest BCUT2D eigenvalue weighted by Gasteiger charge is 2.19. The lowest BCUT2D eigenvalue weighted by Crippen LogP contribution is -2.30. The molecule has 0 rings (SSSR count). The smallest absolute Gasteiger partial charge is 0.309 e. The van der Waals surface area contributed by atoms with Crippen molar-refractivity contribution in [3.8, 4) is 0 Å². The lowest BCUT2D eigenvalue weighted by Gasteiger charge is -2.18. The van der Waals surface area contributed by atoms with Crippen molar-refractivity contribution in [1.82, 2.24) is 0 Å². The van der Waals surface area contributed by atoms with Gasteiger partial charge < -0.3 is 14.2 Å². The molecule has 0 heterocycles. The van der Waals surface area contributed by atoms with Crippen molar-refractivity contribution in [1.29, 1.82) is 0 Å². The van der Waals surface area contributed by atoms with Gasteiger partial charge in [-0.15, -0.1) is 0 Å². The topological polar surface area (TPSA) is 78.9 Å². The number of esters is 3. The summed E-state index contributed by atoms with van der Waals surface area (Å²) in [4.78, 5) is 38.3. The van der Waals surface area contributed by atoms with E-state index in [1.54, 1.807) is 6.08 Å². The molecule has 6 heteroatoms. The minimum absolute atomic E-state index is 0.107. The van der Waals surface area contributed by atoms with Gasteiger partial charge in [-0.2, -0.15) is 0 Å². The van der Waals surface area contributed by atoms with Crippen LogP contribution in [0.1, 0.15) is 265 Å². The van der Waals surface area contributed by atoms with E-state index in [0.29, 0.717) is 12.8 Å². The number of rotatable bonds is 57. The minimum atomic E-state index is -0.859. The second kappa shape index (κ2) is 67.3. The normalized spacial score (nSPS) is 13.3. The van der Waals surface area contributed by atoms with Crippen molar-refractivity contribution in [3.05, 3.63) is 170 Å². The third-order valence-electron chi connectivity index (χ3n) is 13.2. The number of carbonyl (C=O) groups is 3. The third-order valence-corrected chi connectivity index (χ3v) is 13.2. The Bertz CT molecular complexity index is 1860. The predicted octanol–water partition coefficient (Wildman–Crippen LogP) is 22.7. The number of carbonyl (C=O) groups excluding carboxylic acids is 3. The van der Waals surface area contributed by atoms with Crippen LogP contribution >= 0.6 is 0 Å². The maximum absolute atomic E-state index is 12.9. The van der Waals surface area contributed by atoms with Crippen molar-refractivity contribution in [2.75, 3.05) is 13.2 Å². The third kappa shape index (κ3) is 65.5. The van der Waals surface area contributed by atoms with Crippen molar-refractivity contribution in [2.24, 2.45) is 0 Å². The van der Waals surface area contributed by atoms with E-state index in [0.717, 1.165) is 109 Å². The van der Waals surface area contributed by atoms with Crippen LogP contribution in [-0.4, -0.2) is 37.2 Å². The Labute approximate surface area is 498 Å². The average Bonchev–Trinajstić information content (AvgIpc) is 3.47. The van der Waals surface area contributed by atoms with Gasteiger partial charge in [-0.3, -0.25) is 14.4 Å². The molecule has 0 aliphatic carbocycles. The molecule has 0 N–H and O–H groups in total. The van der Waals surface area contributed by atoms with Gasteiger partial charge in [-0.05, 0) is 128 Å². The quantitative estimate of drug-likeness (QED) is 0.0261. The van der Waals surface area contributed by atoms with Gasteiger partial charge in [0.05, 0.1) is 6.42 Å². The first-order valence-corrected chi connectivity index (χ1v) is 32.6. The monoisotopic (exact) mass is 1110 g/mol. The fraction of sp³-hybridized carbons (Fsp3) is 0.587. The van der Waals surface area contributed by atoms with E-state index in [9.17, 15) is 14.4 Å². The highest BCUT2D eigenvalue weighted by atomic mass is 16.6. The van der Waals surface area contributed by atoms with Crippen molar-refractivity contribution in [2.45, 2.75) is 271 Å². The second-order valence-electron chi connectivity index (χ2n) is 20.9. The standard InChI is InChI=1S/C75H118O6/c1-4-7-10-13-16-19-22-25-28-30-32-34-36-37-39-40-42-44-47-50-53-56-59-62-65-68-74(77)80-71-72(70-79-73(76)67-64-61-58-55-52-49-46-27-24-21-18-15-12-9-6-3)81-75(78)69-66-63-60-57-54-51-48-45-43-41-38-35-33-31-29-26-23-20-17-14-11-8-5-2/h8-9,11-12,17-18,20-22,25-27,29-30,32-33,35,41,43,46,48,51-52,55,57,60-61,64,72H,4-7,10,13-16,19,23-24,28,31,34,36-40,42,44-45,47,49-50,53-54,56,58-59,62-63,65-71H2,1-3H3/b11-8-,12-9-,20-17-,21-18-,25-22-,29-26-,32-30-,35-33-,43-41-,46-27-,51-48-,55-52-,60-57-,64-61-. The highest BCUT2D eigenvalue weighted by molar-refractivity contribution is 5.72. The number of unbranched alkanes of at least 4 members (excludes halogenated alkanes) is 19. The minimum Gasteiger partial charge on any atom is -0.462 e. The number of hydrogen-bond donors (Lipinski definition) is 0. The molecule has 0 fully saturated rings. The van der Waals surface area contributed by atoms with Crippen molar-refractivity contribution < 1.29 is 28.6 Å². The van der Waals surface area contributed by atoms with Crippen molar-refractivity contribution in [3.63, 3.8) is 0 Å². The van der Waals surface area contributed by atoms with Crippen LogP contribution in [0.3, 0.4) is 0 Å². The summed E-state index contributed by atoms with van der Waals surface area (Å²) in [6.45, 7) is 6.27. The van der Waals surface area contributed by atoms with E-state index < -0.39 is 18.0 Å². The first-order valence-electron chi connectivity index (χ1n) is 32.6. The van der Waals surface area contributed by atoms with Gasteiger partial charge in [-0.25, -0.2) is 0 Å². The van der Waals surface area contributed by atoms with E-state index >= 15 is 0 Å². The maximum Gasteiger partial charge on any atom is 0.309 e. The van der Waals surface area contributed by atoms with E-state index in [4.69, 9.17) is 14.2 Å². The molecule has 0 saturated carbocycles. The van der Waals surface area contributed by atoms with E-state index in [2.05, 4.69) is 179 Å². The Balaban J connectivity index is 4.53. The molecular weight excluding hydrogens is 997 g/mol. The molecule has 454 valence electrons. The molecule has 0 amide bonds. The van der Waals surface area contributed by atoms with Crippen LogP contribution in [0.25, 0.3) is 0 Å². The van der Waals surface area contributed by atoms with E-state index in [1.165, 1.54) is 109 Å². The van der Waals surface area contributed by atoms with Gasteiger partial charge in [0.25, 0.3) is 0 Å². The summed E-state index contributed by atoms with van der Waals surface area (Å²) in [7, 11) is 0. The molecule has 0 radical (unpaired) electrons. The molecule has 0 aliphatic heterocycles. The number of ether oxygens (including phenoxy) is 3. The predicted molar refractivity (Wildman–Crippen MR) is 352 cm³/mol. The lowest BCUT2D eigenvalue weighted by atomic mass is 10.0. The largest absolute Gasteiger partial charge is 0.462 e. The van der Waals surface area contributed by atoms with E-state index in [1.807, 2.05) is 6.08 Å². The summed E-state index contributed by atoms with van der Waals surface area (Å²) >= 11 is 0. The molecular formula is C75H118O6. The molecule has 0 saturated heterocycles. The first-order chi connectivity index (χ1) is 40.0. The first kappa shape index (κ1) is 75.8. The van der Waals surface area contributed by atoms with Crippen LogP contribution in [0.5, 0.6) is 0 Å². The summed E-state index contributed by atoms with van der Waals surface area (Å²) in [5.41, 5.74) is 0. The summed E-state index contributed by atoms with van der Waals surface area (Å²) in [5.74, 6) is -1.14. The fourth-order valence-electron chi connectivity index (χ4n) is 8.42. The van der Waals surface area contributed by atoms with Gasteiger partial charge >= 0.3 is 17.9 Å². The molecule has 0 bridgehead atoms. The molecule has 0 aromatic rings. The van der Waals surface area contributed by atoms with Crippen LogP contribution in [0, 0.1) is 0 Å². The number of allylic oxidation sites excluding steroid dienone is 27. The van der Waals surface area contributed by atoms with Gasteiger partial charge in [0, 0.05) is 12.8 Å². The average molecular weight is 1120 g/mol. The van der Waals surface area contributed by atoms with Crippen LogP contribution in [0.2, 0.25) is 0 Å². The SMILES string of the molecule is CC/C=C\C/C=C\C/C=C\C/C=C\C/C=C\C/C=C\C/C=C\CCCC(=O)OC(COC(=O)C/C=C\C/C=C\C/C=C\C/C=C\C/C=C\CC)COC(=O)CCCCCCCCCCCCCCC/C=C\C/C=C\CCCCCCC. The Kier molecular flexibility index (Phi) is 62.9. The molecule has 1 unspecified atom stereocenters. The molecule has 81 heavy (non-hydrogen) atoms. The Morgan fingerprint density at radius 1 is 0.272 bits per heavy atom. The summed E-state index contributed by atoms with van der Waals surface area (Å²) in [6, 6.07) is 0. The van der Waals surface area contributed by atoms with Crippen molar-refractivity contribution >= 4 is 17.9 Å². The Morgan fingerprint density at radius 2 is 0.543 bits per heavy atom. The zero-order chi connectivity index (χ0) is 58.5. The molecule has 6 nitrogen and oxygen atoms in total. The molecule has 0 aliphatic rings. The van der Waals surface area contributed by atoms with Gasteiger partial charge in [0.2, 0.25) is 0 Å². The Hall–Kier alpha value is -5.23. The molecule has 1 atom stereocenters. The molecule has 0 aromatic carbocycles. The zero-order valence-corrected chi connectivity index (χ0v) is 52.0. The fourth-order valence-corrected chi connectivity index (χ4v) is 8.42. The maximum atomic E-state index is 12.9. The van der Waals surface area contributed by atoms with Crippen LogP contribution < -0.4 is 0 Å². The zero-order valence-electron chi connectivity index (χ0n) is 52.0. The van der Waals surface area contributed by atoms with Crippen LogP contribution in [-0.2, 0) is 28.6 Å². The summed E-state index contributed by atoms with van der Waals surface area (Å²) in [6.07, 6.45) is 99.7. The summed E-state index contributed by atoms with van der Waals surface area (Å²) in [5, 5.41) is 0. The number of hydrogen-bond acceptors (Lipinski definition) is 6. The van der Waals surface area contributed by atoms with Gasteiger partial charge in [-0.1, -0.05) is 287 Å². The second-order valence-corrected chi connectivity index (χ2v) is 20.9.